The molecule has 0 bridgehead atoms. The summed E-state index contributed by atoms with van der Waals surface area (Å²) in [5.74, 6) is 0.576. The molecule has 0 saturated heterocycles. The molecule has 2 rings (SSSR count). The maximum absolute atomic E-state index is 12.1. The van der Waals surface area contributed by atoms with Gasteiger partial charge in [0.05, 0.1) is 21.3 Å². The van der Waals surface area contributed by atoms with E-state index in [1.807, 2.05) is 37.3 Å². The average molecular weight is 312 g/mol. The normalized spacial score (nSPS) is 10.6. The molecule has 0 aliphatic rings. The lowest BCUT2D eigenvalue weighted by molar-refractivity contribution is 0.0597. The van der Waals surface area contributed by atoms with Crippen LogP contribution in [0, 0.1) is 6.92 Å². The van der Waals surface area contributed by atoms with Gasteiger partial charge >= 0.3 is 5.97 Å². The van der Waals surface area contributed by atoms with Crippen LogP contribution in [0.3, 0.4) is 0 Å². The van der Waals surface area contributed by atoms with Crippen molar-refractivity contribution in [2.24, 2.45) is 0 Å². The van der Waals surface area contributed by atoms with Crippen molar-refractivity contribution < 1.29 is 19.0 Å². The minimum atomic E-state index is -0.451. The molecule has 2 aromatic rings. The molecular formula is C19H20O4. The van der Waals surface area contributed by atoms with Crippen LogP contribution >= 0.6 is 0 Å². The van der Waals surface area contributed by atoms with Crippen LogP contribution in [0.5, 0.6) is 11.5 Å². The van der Waals surface area contributed by atoms with Crippen LogP contribution in [0.25, 0.3) is 12.2 Å². The quantitative estimate of drug-likeness (QED) is 0.619. The van der Waals surface area contributed by atoms with E-state index in [9.17, 15) is 4.79 Å². The highest BCUT2D eigenvalue weighted by molar-refractivity contribution is 5.98. The van der Waals surface area contributed by atoms with Gasteiger partial charge in [-0.05, 0) is 24.1 Å². The molecule has 0 aromatic heterocycles. The highest BCUT2D eigenvalue weighted by atomic mass is 16.5. The maximum Gasteiger partial charge on any atom is 0.342 e. The molecule has 120 valence electrons. The summed E-state index contributed by atoms with van der Waals surface area (Å²) in [6.45, 7) is 2.03. The van der Waals surface area contributed by atoms with Crippen molar-refractivity contribution >= 4 is 18.1 Å². The Morgan fingerprint density at radius 1 is 1.00 bits per heavy atom. The van der Waals surface area contributed by atoms with Gasteiger partial charge in [-0.2, -0.15) is 0 Å². The summed E-state index contributed by atoms with van der Waals surface area (Å²) in [6, 6.07) is 11.5. The van der Waals surface area contributed by atoms with Crippen molar-refractivity contribution in [2.75, 3.05) is 21.3 Å². The van der Waals surface area contributed by atoms with Gasteiger partial charge in [0.1, 0.15) is 17.1 Å². The molecule has 0 saturated carbocycles. The lowest BCUT2D eigenvalue weighted by atomic mass is 10.0. The first-order valence-electron chi connectivity index (χ1n) is 7.18. The predicted octanol–water partition coefficient (Wildman–Crippen LogP) is 3.97. The van der Waals surface area contributed by atoms with E-state index < -0.39 is 5.97 Å². The Morgan fingerprint density at radius 2 is 1.78 bits per heavy atom. The van der Waals surface area contributed by atoms with Crippen molar-refractivity contribution in [3.8, 4) is 11.5 Å². The number of aryl methyl sites for hydroxylation is 1. The number of carbonyl (C=O) groups is 1. The second kappa shape index (κ2) is 7.49. The Kier molecular flexibility index (Phi) is 5.41. The van der Waals surface area contributed by atoms with Gasteiger partial charge in [-0.3, -0.25) is 0 Å². The Hall–Kier alpha value is -2.75. The molecule has 23 heavy (non-hydrogen) atoms. The van der Waals surface area contributed by atoms with E-state index in [0.29, 0.717) is 22.6 Å². The summed E-state index contributed by atoms with van der Waals surface area (Å²) in [6.07, 6.45) is 3.79. The van der Waals surface area contributed by atoms with E-state index in [2.05, 4.69) is 6.07 Å². The monoisotopic (exact) mass is 312 g/mol. The fraction of sp³-hybridized carbons (Fsp3) is 0.211. The third-order valence-electron chi connectivity index (χ3n) is 3.45. The lowest BCUT2D eigenvalue weighted by Crippen LogP contribution is -2.07. The van der Waals surface area contributed by atoms with Crippen LogP contribution in [0.4, 0.5) is 0 Å². The molecule has 4 nitrogen and oxygen atoms in total. The lowest BCUT2D eigenvalue weighted by Gasteiger charge is -2.12. The molecule has 0 aliphatic heterocycles. The molecule has 0 spiro atoms. The molecule has 0 atom stereocenters. The Balaban J connectivity index is 2.52. The summed E-state index contributed by atoms with van der Waals surface area (Å²) in [5, 5.41) is 0. The molecule has 0 amide bonds. The highest BCUT2D eigenvalue weighted by Gasteiger charge is 2.18. The molecule has 0 unspecified atom stereocenters. The second-order valence-electron chi connectivity index (χ2n) is 5.03. The van der Waals surface area contributed by atoms with Crippen molar-refractivity contribution in [2.45, 2.75) is 6.92 Å². The maximum atomic E-state index is 12.1. The minimum Gasteiger partial charge on any atom is -0.497 e. The van der Waals surface area contributed by atoms with Crippen LogP contribution in [0.2, 0.25) is 0 Å². The van der Waals surface area contributed by atoms with E-state index in [0.717, 1.165) is 5.56 Å². The van der Waals surface area contributed by atoms with E-state index in [1.54, 1.807) is 19.2 Å². The molecule has 0 heterocycles. The fourth-order valence-electron chi connectivity index (χ4n) is 2.30. The summed E-state index contributed by atoms with van der Waals surface area (Å²) >= 11 is 0. The SMILES string of the molecule is COC(=O)c1c(/C=C/c2cccc(C)c2)cc(OC)cc1OC. The van der Waals surface area contributed by atoms with Gasteiger partial charge in [0.15, 0.2) is 0 Å². The van der Waals surface area contributed by atoms with Gasteiger partial charge < -0.3 is 14.2 Å². The van der Waals surface area contributed by atoms with E-state index in [1.165, 1.54) is 19.8 Å². The van der Waals surface area contributed by atoms with E-state index in [4.69, 9.17) is 14.2 Å². The smallest absolute Gasteiger partial charge is 0.342 e. The molecule has 0 N–H and O–H groups in total. The Bertz CT molecular complexity index is 732. The van der Waals surface area contributed by atoms with Crippen molar-refractivity contribution in [1.82, 2.24) is 0 Å². The number of carbonyl (C=O) groups excluding carboxylic acids is 1. The number of hydrogen-bond acceptors (Lipinski definition) is 4. The van der Waals surface area contributed by atoms with Crippen LogP contribution in [0.15, 0.2) is 36.4 Å². The number of benzene rings is 2. The van der Waals surface area contributed by atoms with Crippen molar-refractivity contribution in [1.29, 1.82) is 0 Å². The van der Waals surface area contributed by atoms with Gasteiger partial charge in [-0.25, -0.2) is 4.79 Å². The zero-order valence-electron chi connectivity index (χ0n) is 13.8. The van der Waals surface area contributed by atoms with Gasteiger partial charge in [-0.1, -0.05) is 42.0 Å². The third-order valence-corrected chi connectivity index (χ3v) is 3.45. The highest BCUT2D eigenvalue weighted by Crippen LogP contribution is 2.30. The van der Waals surface area contributed by atoms with Gasteiger partial charge in [0.25, 0.3) is 0 Å². The summed E-state index contributed by atoms with van der Waals surface area (Å²) in [4.78, 5) is 12.1. The number of methoxy groups -OCH3 is 3. The number of hydrogen-bond donors (Lipinski definition) is 0. The second-order valence-corrected chi connectivity index (χ2v) is 5.03. The standard InChI is InChI=1S/C19H20O4/c1-13-6-5-7-14(10-13)8-9-15-11-16(21-2)12-17(22-3)18(15)19(20)23-4/h5-12H,1-4H3/b9-8+. The first-order chi connectivity index (χ1) is 11.1. The van der Waals surface area contributed by atoms with Gasteiger partial charge in [-0.15, -0.1) is 0 Å². The Morgan fingerprint density at radius 3 is 2.39 bits per heavy atom. The van der Waals surface area contributed by atoms with Gasteiger partial charge in [0.2, 0.25) is 0 Å². The summed E-state index contributed by atoms with van der Waals surface area (Å²) in [7, 11) is 4.43. The van der Waals surface area contributed by atoms with E-state index in [-0.39, 0.29) is 0 Å². The first-order valence-corrected chi connectivity index (χ1v) is 7.18. The first kappa shape index (κ1) is 16.6. The summed E-state index contributed by atoms with van der Waals surface area (Å²) in [5.41, 5.74) is 3.26. The fourth-order valence-corrected chi connectivity index (χ4v) is 2.30. The summed E-state index contributed by atoms with van der Waals surface area (Å²) < 4.78 is 15.4. The molecule has 2 aromatic carbocycles. The van der Waals surface area contributed by atoms with Crippen molar-refractivity contribution in [3.05, 3.63) is 58.7 Å². The molecule has 0 radical (unpaired) electrons. The molecule has 0 fully saturated rings. The molecular weight excluding hydrogens is 292 g/mol. The van der Waals surface area contributed by atoms with Crippen LogP contribution in [0.1, 0.15) is 27.0 Å². The number of esters is 1. The largest absolute Gasteiger partial charge is 0.497 e. The Labute approximate surface area is 136 Å². The topological polar surface area (TPSA) is 44.8 Å². The van der Waals surface area contributed by atoms with Crippen LogP contribution in [-0.2, 0) is 4.74 Å². The van der Waals surface area contributed by atoms with E-state index >= 15 is 0 Å². The molecule has 4 heteroatoms. The zero-order chi connectivity index (χ0) is 16.8. The van der Waals surface area contributed by atoms with Gasteiger partial charge in [0, 0.05) is 6.07 Å². The minimum absolute atomic E-state index is 0.375. The third kappa shape index (κ3) is 3.92. The zero-order valence-corrected chi connectivity index (χ0v) is 13.8. The average Bonchev–Trinajstić information content (AvgIpc) is 2.58. The number of rotatable bonds is 5. The molecule has 0 aliphatic carbocycles. The predicted molar refractivity (Wildman–Crippen MR) is 91.0 cm³/mol. The van der Waals surface area contributed by atoms with Crippen LogP contribution < -0.4 is 9.47 Å². The number of ether oxygens (including phenoxy) is 3. The van der Waals surface area contributed by atoms with Crippen molar-refractivity contribution in [3.63, 3.8) is 0 Å². The van der Waals surface area contributed by atoms with Crippen LogP contribution in [-0.4, -0.2) is 27.3 Å².